The van der Waals surface area contributed by atoms with E-state index in [1.54, 1.807) is 28.3 Å². The summed E-state index contributed by atoms with van der Waals surface area (Å²) in [6.45, 7) is 9.42. The molecule has 0 aromatic carbocycles. The predicted molar refractivity (Wildman–Crippen MR) is 132 cm³/mol. The van der Waals surface area contributed by atoms with Gasteiger partial charge in [0.1, 0.15) is 17.8 Å². The topological polar surface area (TPSA) is 112 Å². The summed E-state index contributed by atoms with van der Waals surface area (Å²) < 4.78 is 15.9. The number of aliphatic hydroxyl groups excluding tert-OH is 1. The molecule has 1 amide bonds. The Morgan fingerprint density at radius 2 is 2.06 bits per heavy atom. The summed E-state index contributed by atoms with van der Waals surface area (Å²) in [7, 11) is 0. The molecule has 2 atom stereocenters. The summed E-state index contributed by atoms with van der Waals surface area (Å²) in [5.41, 5.74) is 0.767. The van der Waals surface area contributed by atoms with Crippen LogP contribution in [0.4, 0.5) is 27.8 Å². The van der Waals surface area contributed by atoms with Crippen molar-refractivity contribution in [3.05, 3.63) is 24.5 Å². The smallest absolute Gasteiger partial charge is 0.228 e. The number of amides is 1. The van der Waals surface area contributed by atoms with E-state index >= 15 is 0 Å². The molecule has 5 heterocycles. The number of hydrogen-bond donors (Lipinski definition) is 2. The standard InChI is InChI=1S/C24H31FN8O2/c1-14(2)33-17-9-20(27-11-15(17)22(30-33)32-13-24(3,4)10-21(32)35)28-19-5-7-26-23(29-19)31-8-6-18(34)16(25)12-31/h5,7,9,11,14,16,18,34H,6,8,10,12-13H2,1-4H3,(H,26,27,28,29). The van der Waals surface area contributed by atoms with Gasteiger partial charge in [-0.05, 0) is 31.7 Å². The van der Waals surface area contributed by atoms with E-state index in [9.17, 15) is 14.3 Å². The van der Waals surface area contributed by atoms with Crippen LogP contribution in [0.1, 0.15) is 46.6 Å². The fraction of sp³-hybridized carbons (Fsp3) is 0.542. The molecule has 5 rings (SSSR count). The molecule has 10 nitrogen and oxygen atoms in total. The van der Waals surface area contributed by atoms with Gasteiger partial charge in [0.2, 0.25) is 11.9 Å². The maximum absolute atomic E-state index is 14.0. The van der Waals surface area contributed by atoms with E-state index in [0.29, 0.717) is 49.3 Å². The molecule has 0 bridgehead atoms. The molecule has 2 saturated heterocycles. The molecule has 2 N–H and O–H groups in total. The monoisotopic (exact) mass is 482 g/mol. The van der Waals surface area contributed by atoms with E-state index in [2.05, 4.69) is 34.1 Å². The molecule has 3 aromatic heterocycles. The minimum absolute atomic E-state index is 0.0528. The van der Waals surface area contributed by atoms with Crippen LogP contribution in [0.3, 0.4) is 0 Å². The van der Waals surface area contributed by atoms with E-state index in [1.165, 1.54) is 0 Å². The van der Waals surface area contributed by atoms with Crippen molar-refractivity contribution in [2.45, 2.75) is 58.9 Å². The molecule has 11 heteroatoms. The highest BCUT2D eigenvalue weighted by atomic mass is 19.1. The highest BCUT2D eigenvalue weighted by Gasteiger charge is 2.38. The predicted octanol–water partition coefficient (Wildman–Crippen LogP) is 3.22. The lowest BCUT2D eigenvalue weighted by atomic mass is 9.93. The number of hydrogen-bond acceptors (Lipinski definition) is 8. The van der Waals surface area contributed by atoms with Crippen molar-refractivity contribution >= 4 is 40.2 Å². The van der Waals surface area contributed by atoms with Crippen LogP contribution >= 0.6 is 0 Å². The summed E-state index contributed by atoms with van der Waals surface area (Å²) in [6.07, 6.45) is 1.90. The molecule has 3 aromatic rings. The highest BCUT2D eigenvalue weighted by molar-refractivity contribution is 6.03. The second-order valence-corrected chi connectivity index (χ2v) is 10.5. The van der Waals surface area contributed by atoms with E-state index in [1.807, 2.05) is 24.6 Å². The van der Waals surface area contributed by atoms with Gasteiger partial charge in [0.25, 0.3) is 0 Å². The molecule has 2 fully saturated rings. The lowest BCUT2D eigenvalue weighted by molar-refractivity contribution is -0.117. The van der Waals surface area contributed by atoms with Crippen molar-refractivity contribution < 1.29 is 14.3 Å². The number of fused-ring (bicyclic) bond motifs is 1. The van der Waals surface area contributed by atoms with Gasteiger partial charge in [-0.25, -0.2) is 14.4 Å². The first-order chi connectivity index (χ1) is 16.6. The van der Waals surface area contributed by atoms with Crippen molar-refractivity contribution in [3.63, 3.8) is 0 Å². The molecule has 35 heavy (non-hydrogen) atoms. The van der Waals surface area contributed by atoms with Gasteiger partial charge in [0.15, 0.2) is 5.82 Å². The molecule has 2 unspecified atom stereocenters. The zero-order valence-electron chi connectivity index (χ0n) is 20.4. The van der Waals surface area contributed by atoms with Crippen LogP contribution in [0.5, 0.6) is 0 Å². The van der Waals surface area contributed by atoms with Gasteiger partial charge >= 0.3 is 0 Å². The highest BCUT2D eigenvalue weighted by Crippen LogP contribution is 2.37. The fourth-order valence-electron chi connectivity index (χ4n) is 4.72. The Bertz CT molecular complexity index is 1260. The lowest BCUT2D eigenvalue weighted by Crippen LogP contribution is -2.45. The Morgan fingerprint density at radius 3 is 2.74 bits per heavy atom. The summed E-state index contributed by atoms with van der Waals surface area (Å²) >= 11 is 0. The number of aromatic nitrogens is 5. The molecule has 2 aliphatic heterocycles. The zero-order valence-corrected chi connectivity index (χ0v) is 20.4. The van der Waals surface area contributed by atoms with Crippen molar-refractivity contribution in [1.29, 1.82) is 0 Å². The Balaban J connectivity index is 1.43. The van der Waals surface area contributed by atoms with Gasteiger partial charge in [-0.3, -0.25) is 14.4 Å². The molecule has 0 saturated carbocycles. The SMILES string of the molecule is CC(C)n1nc(N2CC(C)(C)CC2=O)c2cnc(Nc3ccnc(N4CCC(O)C(F)C4)n3)cc21. The zero-order chi connectivity index (χ0) is 24.9. The summed E-state index contributed by atoms with van der Waals surface area (Å²) in [4.78, 5) is 29.6. The fourth-order valence-corrected chi connectivity index (χ4v) is 4.72. The van der Waals surface area contributed by atoms with Crippen molar-refractivity contribution in [2.24, 2.45) is 5.41 Å². The number of nitrogens with zero attached hydrogens (tertiary/aromatic N) is 7. The van der Waals surface area contributed by atoms with E-state index in [4.69, 9.17) is 5.10 Å². The quantitative estimate of drug-likeness (QED) is 0.570. The number of anilines is 4. The minimum atomic E-state index is -1.33. The second-order valence-electron chi connectivity index (χ2n) is 10.5. The van der Waals surface area contributed by atoms with Crippen LogP contribution in [-0.4, -0.2) is 67.7 Å². The van der Waals surface area contributed by atoms with Gasteiger partial charge in [0.05, 0.1) is 23.6 Å². The van der Waals surface area contributed by atoms with Gasteiger partial charge in [-0.15, -0.1) is 0 Å². The van der Waals surface area contributed by atoms with Crippen LogP contribution < -0.4 is 15.1 Å². The molecule has 186 valence electrons. The summed E-state index contributed by atoms with van der Waals surface area (Å²) in [5, 5.41) is 18.5. The average Bonchev–Trinajstić information content (AvgIpc) is 3.31. The van der Waals surface area contributed by atoms with Crippen molar-refractivity contribution in [1.82, 2.24) is 24.7 Å². The number of nitrogens with one attached hydrogen (secondary N) is 1. The number of rotatable bonds is 5. The number of alkyl halides is 1. The first-order valence-corrected chi connectivity index (χ1v) is 12.0. The number of carbonyl (C=O) groups is 1. The summed E-state index contributed by atoms with van der Waals surface area (Å²) in [5.74, 6) is 2.20. The molecule has 0 aliphatic carbocycles. The third-order valence-electron chi connectivity index (χ3n) is 6.52. The Morgan fingerprint density at radius 1 is 1.26 bits per heavy atom. The van der Waals surface area contributed by atoms with Crippen LogP contribution in [-0.2, 0) is 4.79 Å². The van der Waals surface area contributed by atoms with Crippen LogP contribution in [0.25, 0.3) is 10.9 Å². The maximum atomic E-state index is 14.0. The number of pyridine rings is 1. The number of piperidine rings is 1. The van der Waals surface area contributed by atoms with Crippen LogP contribution in [0, 0.1) is 5.41 Å². The Labute approximate surface area is 203 Å². The molecular weight excluding hydrogens is 451 g/mol. The number of aliphatic hydroxyl groups is 1. The second kappa shape index (κ2) is 8.71. The van der Waals surface area contributed by atoms with E-state index < -0.39 is 12.3 Å². The third-order valence-corrected chi connectivity index (χ3v) is 6.52. The normalized spacial score (nSPS) is 22.4. The minimum Gasteiger partial charge on any atom is -0.390 e. The van der Waals surface area contributed by atoms with Gasteiger partial charge in [-0.1, -0.05) is 13.8 Å². The first kappa shape index (κ1) is 23.4. The summed E-state index contributed by atoms with van der Waals surface area (Å²) in [6, 6.07) is 3.70. The first-order valence-electron chi connectivity index (χ1n) is 12.0. The van der Waals surface area contributed by atoms with Gasteiger partial charge in [0, 0.05) is 44.0 Å². The van der Waals surface area contributed by atoms with E-state index in [0.717, 1.165) is 10.9 Å². The average molecular weight is 483 g/mol. The van der Waals surface area contributed by atoms with Crippen molar-refractivity contribution in [2.75, 3.05) is 34.8 Å². The molecule has 0 radical (unpaired) electrons. The third kappa shape index (κ3) is 4.52. The van der Waals surface area contributed by atoms with Gasteiger partial charge < -0.3 is 15.3 Å². The van der Waals surface area contributed by atoms with Crippen LogP contribution in [0.15, 0.2) is 24.5 Å². The number of halogens is 1. The molecule has 0 spiro atoms. The number of carbonyl (C=O) groups excluding carboxylic acids is 1. The van der Waals surface area contributed by atoms with Gasteiger partial charge in [-0.2, -0.15) is 10.1 Å². The molecule has 2 aliphatic rings. The van der Waals surface area contributed by atoms with Crippen molar-refractivity contribution in [3.8, 4) is 0 Å². The lowest BCUT2D eigenvalue weighted by Gasteiger charge is -2.32. The largest absolute Gasteiger partial charge is 0.390 e. The Kier molecular flexibility index (Phi) is 5.82. The maximum Gasteiger partial charge on any atom is 0.228 e. The molecular formula is C24H31FN8O2. The van der Waals surface area contributed by atoms with E-state index in [-0.39, 0.29) is 23.9 Å². The Hall–Kier alpha value is -3.34. The van der Waals surface area contributed by atoms with Crippen LogP contribution in [0.2, 0.25) is 0 Å².